The lowest BCUT2D eigenvalue weighted by Crippen LogP contribution is -2.52. The Labute approximate surface area is 100 Å². The van der Waals surface area contributed by atoms with Gasteiger partial charge in [-0.1, -0.05) is 22.4 Å². The van der Waals surface area contributed by atoms with Crippen LogP contribution in [0.5, 0.6) is 0 Å². The molecule has 1 saturated carbocycles. The van der Waals surface area contributed by atoms with Crippen LogP contribution in [0.25, 0.3) is 0 Å². The third-order valence-corrected chi connectivity index (χ3v) is 5.80. The van der Waals surface area contributed by atoms with Gasteiger partial charge >= 0.3 is 0 Å². The van der Waals surface area contributed by atoms with Gasteiger partial charge in [0.15, 0.2) is 0 Å². The maximum absolute atomic E-state index is 5.63. The standard InChI is InChI=1S/C12H20BrNO/c13-8-12(4-1-5-12)9-14-10-2-3-11(14)7-15-6-10/h10-11H,1-9H2. The lowest BCUT2D eigenvalue weighted by atomic mass is 9.70. The first-order valence-electron chi connectivity index (χ1n) is 6.22. The van der Waals surface area contributed by atoms with Gasteiger partial charge < -0.3 is 4.74 Å². The number of hydrogen-bond donors (Lipinski definition) is 0. The van der Waals surface area contributed by atoms with Gasteiger partial charge in [-0.05, 0) is 31.1 Å². The summed E-state index contributed by atoms with van der Waals surface area (Å²) in [5, 5.41) is 1.19. The van der Waals surface area contributed by atoms with E-state index >= 15 is 0 Å². The normalized spacial score (nSPS) is 39.0. The van der Waals surface area contributed by atoms with E-state index in [9.17, 15) is 0 Å². The van der Waals surface area contributed by atoms with Crippen molar-refractivity contribution in [2.24, 2.45) is 5.41 Å². The third kappa shape index (κ3) is 1.77. The predicted molar refractivity (Wildman–Crippen MR) is 64.4 cm³/mol. The van der Waals surface area contributed by atoms with Gasteiger partial charge in [0.05, 0.1) is 13.2 Å². The van der Waals surface area contributed by atoms with Crippen LogP contribution >= 0.6 is 15.9 Å². The van der Waals surface area contributed by atoms with E-state index in [0.717, 1.165) is 25.3 Å². The lowest BCUT2D eigenvalue weighted by Gasteiger charge is -2.47. The zero-order valence-electron chi connectivity index (χ0n) is 9.25. The molecule has 1 aliphatic carbocycles. The van der Waals surface area contributed by atoms with Crippen LogP contribution in [0, 0.1) is 5.41 Å². The molecule has 0 aromatic heterocycles. The van der Waals surface area contributed by atoms with Crippen LogP contribution in [0.2, 0.25) is 0 Å². The quantitative estimate of drug-likeness (QED) is 0.733. The number of alkyl halides is 1. The summed E-state index contributed by atoms with van der Waals surface area (Å²) in [7, 11) is 0. The van der Waals surface area contributed by atoms with Crippen LogP contribution in [-0.4, -0.2) is 42.1 Å². The molecule has 2 heterocycles. The molecule has 2 nitrogen and oxygen atoms in total. The summed E-state index contributed by atoms with van der Waals surface area (Å²) in [6.45, 7) is 3.28. The van der Waals surface area contributed by atoms with Gasteiger partial charge in [0.2, 0.25) is 0 Å². The lowest BCUT2D eigenvalue weighted by molar-refractivity contribution is -0.0430. The van der Waals surface area contributed by atoms with Crippen molar-refractivity contribution >= 4 is 15.9 Å². The molecule has 0 radical (unpaired) electrons. The smallest absolute Gasteiger partial charge is 0.0622 e. The summed E-state index contributed by atoms with van der Waals surface area (Å²) in [5.41, 5.74) is 0.609. The van der Waals surface area contributed by atoms with E-state index in [-0.39, 0.29) is 0 Å². The van der Waals surface area contributed by atoms with Crippen molar-refractivity contribution in [1.82, 2.24) is 4.90 Å². The first kappa shape index (κ1) is 10.5. The number of rotatable bonds is 3. The number of fused-ring (bicyclic) bond motifs is 2. The summed E-state index contributed by atoms with van der Waals surface area (Å²) in [6.07, 6.45) is 7.02. The number of nitrogens with zero attached hydrogens (tertiary/aromatic N) is 1. The molecule has 15 heavy (non-hydrogen) atoms. The van der Waals surface area contributed by atoms with Crippen molar-refractivity contribution < 1.29 is 4.74 Å². The van der Waals surface area contributed by atoms with Gasteiger partial charge in [0.25, 0.3) is 0 Å². The molecule has 2 unspecified atom stereocenters. The Morgan fingerprint density at radius 2 is 1.87 bits per heavy atom. The fraction of sp³-hybridized carbons (Fsp3) is 1.00. The summed E-state index contributed by atoms with van der Waals surface area (Å²) in [6, 6.07) is 1.47. The van der Waals surface area contributed by atoms with Gasteiger partial charge in [0.1, 0.15) is 0 Å². The monoisotopic (exact) mass is 273 g/mol. The van der Waals surface area contributed by atoms with E-state index in [1.165, 1.54) is 44.0 Å². The van der Waals surface area contributed by atoms with E-state index < -0.39 is 0 Å². The van der Waals surface area contributed by atoms with Gasteiger partial charge in [-0.3, -0.25) is 4.90 Å². The van der Waals surface area contributed by atoms with Crippen LogP contribution in [-0.2, 0) is 4.74 Å². The highest BCUT2D eigenvalue weighted by Gasteiger charge is 2.44. The van der Waals surface area contributed by atoms with Crippen molar-refractivity contribution in [3.05, 3.63) is 0 Å². The maximum atomic E-state index is 5.63. The summed E-state index contributed by atoms with van der Waals surface area (Å²) < 4.78 is 5.63. The molecule has 3 aliphatic rings. The first-order valence-corrected chi connectivity index (χ1v) is 7.35. The van der Waals surface area contributed by atoms with Crippen molar-refractivity contribution in [1.29, 1.82) is 0 Å². The minimum absolute atomic E-state index is 0.609. The molecule has 2 saturated heterocycles. The van der Waals surface area contributed by atoms with Crippen LogP contribution < -0.4 is 0 Å². The molecule has 0 amide bonds. The second-order valence-electron chi connectivity index (χ2n) is 5.58. The van der Waals surface area contributed by atoms with Crippen molar-refractivity contribution in [3.8, 4) is 0 Å². The number of halogens is 1. The van der Waals surface area contributed by atoms with E-state index in [0.29, 0.717) is 5.41 Å². The Bertz CT molecular complexity index is 220. The molecule has 3 fully saturated rings. The molecule has 0 aromatic rings. The largest absolute Gasteiger partial charge is 0.378 e. The molecule has 0 aromatic carbocycles. The number of ether oxygens (including phenoxy) is 1. The Hall–Kier alpha value is 0.400. The van der Waals surface area contributed by atoms with E-state index in [1.807, 2.05) is 0 Å². The first-order chi connectivity index (χ1) is 7.33. The minimum atomic E-state index is 0.609. The minimum Gasteiger partial charge on any atom is -0.378 e. The molecule has 86 valence electrons. The van der Waals surface area contributed by atoms with E-state index in [2.05, 4.69) is 20.8 Å². The van der Waals surface area contributed by atoms with Crippen LogP contribution in [0.3, 0.4) is 0 Å². The molecular formula is C12H20BrNO. The molecule has 2 aliphatic heterocycles. The van der Waals surface area contributed by atoms with E-state index in [4.69, 9.17) is 4.74 Å². The van der Waals surface area contributed by atoms with E-state index in [1.54, 1.807) is 0 Å². The fourth-order valence-corrected chi connectivity index (χ4v) is 4.11. The highest BCUT2D eigenvalue weighted by molar-refractivity contribution is 9.09. The Kier molecular flexibility index (Phi) is 2.82. The van der Waals surface area contributed by atoms with Crippen LogP contribution in [0.4, 0.5) is 0 Å². The van der Waals surface area contributed by atoms with Crippen molar-refractivity contribution in [2.45, 2.75) is 44.2 Å². The third-order valence-electron chi connectivity index (χ3n) is 4.61. The average Bonchev–Trinajstić information content (AvgIpc) is 2.45. The summed E-state index contributed by atoms with van der Waals surface area (Å²) in [4.78, 5) is 2.75. The highest BCUT2D eigenvalue weighted by Crippen LogP contribution is 2.45. The Balaban J connectivity index is 1.67. The Morgan fingerprint density at radius 1 is 1.20 bits per heavy atom. The SMILES string of the molecule is BrCC1(CN2C3CCC2COC3)CCC1. The zero-order chi connectivity index (χ0) is 10.3. The summed E-state index contributed by atoms with van der Waals surface area (Å²) in [5.74, 6) is 0. The fourth-order valence-electron chi connectivity index (χ4n) is 3.37. The molecule has 3 rings (SSSR count). The molecular weight excluding hydrogens is 254 g/mol. The molecule has 3 heteroatoms. The topological polar surface area (TPSA) is 12.5 Å². The molecule has 0 N–H and O–H groups in total. The average molecular weight is 274 g/mol. The van der Waals surface area contributed by atoms with Gasteiger partial charge in [-0.2, -0.15) is 0 Å². The molecule has 2 atom stereocenters. The van der Waals surface area contributed by atoms with Crippen LogP contribution in [0.15, 0.2) is 0 Å². The Morgan fingerprint density at radius 3 is 2.33 bits per heavy atom. The predicted octanol–water partition coefficient (Wildman–Crippen LogP) is 2.41. The second-order valence-corrected chi connectivity index (χ2v) is 6.14. The van der Waals surface area contributed by atoms with Crippen molar-refractivity contribution in [3.63, 3.8) is 0 Å². The van der Waals surface area contributed by atoms with Gasteiger partial charge in [0, 0.05) is 24.0 Å². The number of morpholine rings is 1. The highest BCUT2D eigenvalue weighted by atomic mass is 79.9. The van der Waals surface area contributed by atoms with Crippen molar-refractivity contribution in [2.75, 3.05) is 25.1 Å². The zero-order valence-corrected chi connectivity index (χ0v) is 10.8. The van der Waals surface area contributed by atoms with Gasteiger partial charge in [-0.15, -0.1) is 0 Å². The van der Waals surface area contributed by atoms with Crippen LogP contribution in [0.1, 0.15) is 32.1 Å². The number of hydrogen-bond acceptors (Lipinski definition) is 2. The van der Waals surface area contributed by atoms with Gasteiger partial charge in [-0.25, -0.2) is 0 Å². The molecule has 0 spiro atoms. The second kappa shape index (κ2) is 4.01. The maximum Gasteiger partial charge on any atom is 0.0622 e. The molecule has 2 bridgehead atoms. The summed E-state index contributed by atoms with van der Waals surface area (Å²) >= 11 is 3.71.